The molecule has 3 heteroatoms. The number of aliphatic hydroxyl groups excluding tert-OH is 1. The van der Waals surface area contributed by atoms with Gasteiger partial charge in [0.15, 0.2) is 0 Å². The summed E-state index contributed by atoms with van der Waals surface area (Å²) in [6.45, 7) is 3.06. The molecule has 21 heavy (non-hydrogen) atoms. The summed E-state index contributed by atoms with van der Waals surface area (Å²) in [6, 6.07) is 18.1. The lowest BCUT2D eigenvalue weighted by Gasteiger charge is -2.14. The predicted octanol–water partition coefficient (Wildman–Crippen LogP) is 2.94. The molecule has 0 amide bonds. The molecule has 2 N–H and O–H groups in total. The van der Waals surface area contributed by atoms with E-state index < -0.39 is 0 Å². The van der Waals surface area contributed by atoms with E-state index in [4.69, 9.17) is 10.4 Å². The van der Waals surface area contributed by atoms with Crippen molar-refractivity contribution in [1.29, 1.82) is 5.26 Å². The van der Waals surface area contributed by atoms with Gasteiger partial charge in [-0.2, -0.15) is 5.26 Å². The highest BCUT2D eigenvalue weighted by Gasteiger charge is 2.05. The Morgan fingerprint density at radius 2 is 1.86 bits per heavy atom. The van der Waals surface area contributed by atoms with Gasteiger partial charge < -0.3 is 10.4 Å². The minimum atomic E-state index is 0.0881. The molecule has 3 nitrogen and oxygen atoms in total. The van der Waals surface area contributed by atoms with Crippen molar-refractivity contribution < 1.29 is 5.11 Å². The third-order valence-corrected chi connectivity index (χ3v) is 3.59. The second-order valence-corrected chi connectivity index (χ2v) is 5.14. The summed E-state index contributed by atoms with van der Waals surface area (Å²) in [7, 11) is 0. The topological polar surface area (TPSA) is 56.0 Å². The van der Waals surface area contributed by atoms with Crippen molar-refractivity contribution in [3.63, 3.8) is 0 Å². The Morgan fingerprint density at radius 3 is 2.52 bits per heavy atom. The zero-order chi connectivity index (χ0) is 15.1. The quantitative estimate of drug-likeness (QED) is 0.855. The number of hydrogen-bond acceptors (Lipinski definition) is 3. The molecule has 0 aromatic heterocycles. The van der Waals surface area contributed by atoms with Crippen LogP contribution in [-0.4, -0.2) is 11.7 Å². The summed E-state index contributed by atoms with van der Waals surface area (Å²) >= 11 is 0. The van der Waals surface area contributed by atoms with Gasteiger partial charge in [-0.3, -0.25) is 0 Å². The molecular weight excluding hydrogens is 260 g/mol. The molecule has 2 rings (SSSR count). The Hall–Kier alpha value is -2.15. The van der Waals surface area contributed by atoms with Gasteiger partial charge in [-0.1, -0.05) is 36.4 Å². The zero-order valence-corrected chi connectivity index (χ0v) is 12.2. The van der Waals surface area contributed by atoms with Gasteiger partial charge in [0.25, 0.3) is 0 Å². The van der Waals surface area contributed by atoms with E-state index in [0.717, 1.165) is 24.1 Å². The first kappa shape index (κ1) is 15.2. The maximum absolute atomic E-state index is 9.01. The largest absolute Gasteiger partial charge is 0.392 e. The summed E-state index contributed by atoms with van der Waals surface area (Å²) < 4.78 is 0. The SMILES string of the molecule is CC(NCCc1ccc(CO)cc1)c1cccc(C#N)c1. The summed E-state index contributed by atoms with van der Waals surface area (Å²) in [6.07, 6.45) is 0.938. The van der Waals surface area contributed by atoms with Gasteiger partial charge in [0.2, 0.25) is 0 Å². The second kappa shape index (κ2) is 7.58. The number of benzene rings is 2. The van der Waals surface area contributed by atoms with Crippen LogP contribution in [0.5, 0.6) is 0 Å². The Kier molecular flexibility index (Phi) is 5.51. The van der Waals surface area contributed by atoms with E-state index in [1.54, 1.807) is 0 Å². The molecule has 0 bridgehead atoms. The van der Waals surface area contributed by atoms with E-state index >= 15 is 0 Å². The Bertz CT molecular complexity index is 614. The highest BCUT2D eigenvalue weighted by Crippen LogP contribution is 2.14. The molecule has 1 atom stereocenters. The van der Waals surface area contributed by atoms with E-state index in [-0.39, 0.29) is 12.6 Å². The second-order valence-electron chi connectivity index (χ2n) is 5.14. The van der Waals surface area contributed by atoms with Gasteiger partial charge in [0.1, 0.15) is 0 Å². The fourth-order valence-corrected chi connectivity index (χ4v) is 2.24. The van der Waals surface area contributed by atoms with Crippen LogP contribution in [0.2, 0.25) is 0 Å². The molecule has 0 heterocycles. The van der Waals surface area contributed by atoms with E-state index in [1.165, 1.54) is 5.56 Å². The van der Waals surface area contributed by atoms with Gasteiger partial charge >= 0.3 is 0 Å². The van der Waals surface area contributed by atoms with Crippen LogP contribution < -0.4 is 5.32 Å². The fraction of sp³-hybridized carbons (Fsp3) is 0.278. The maximum Gasteiger partial charge on any atom is 0.0991 e. The van der Waals surface area contributed by atoms with Crippen LogP contribution >= 0.6 is 0 Å². The first-order chi connectivity index (χ1) is 10.2. The average molecular weight is 280 g/mol. The lowest BCUT2D eigenvalue weighted by molar-refractivity contribution is 0.282. The smallest absolute Gasteiger partial charge is 0.0991 e. The van der Waals surface area contributed by atoms with Crippen molar-refractivity contribution in [3.8, 4) is 6.07 Å². The van der Waals surface area contributed by atoms with Gasteiger partial charge in [-0.25, -0.2) is 0 Å². The third-order valence-electron chi connectivity index (χ3n) is 3.59. The fourth-order valence-electron chi connectivity index (χ4n) is 2.24. The molecule has 1 unspecified atom stereocenters. The van der Waals surface area contributed by atoms with Crippen LogP contribution in [0.4, 0.5) is 0 Å². The maximum atomic E-state index is 9.01. The van der Waals surface area contributed by atoms with Gasteiger partial charge in [0.05, 0.1) is 18.2 Å². The van der Waals surface area contributed by atoms with Crippen molar-refractivity contribution in [1.82, 2.24) is 5.32 Å². The Labute approximate surface area is 125 Å². The summed E-state index contributed by atoms with van der Waals surface area (Å²) in [5, 5.41) is 21.4. The van der Waals surface area contributed by atoms with Crippen LogP contribution in [0.15, 0.2) is 48.5 Å². The minimum Gasteiger partial charge on any atom is -0.392 e. The molecule has 0 radical (unpaired) electrons. The van der Waals surface area contributed by atoms with E-state index in [9.17, 15) is 0 Å². The number of nitrogens with one attached hydrogen (secondary N) is 1. The first-order valence-electron chi connectivity index (χ1n) is 7.15. The number of rotatable bonds is 6. The number of nitriles is 1. The highest BCUT2D eigenvalue weighted by molar-refractivity contribution is 5.34. The van der Waals surface area contributed by atoms with Crippen molar-refractivity contribution in [2.45, 2.75) is 26.0 Å². The summed E-state index contributed by atoms with van der Waals surface area (Å²) in [4.78, 5) is 0. The predicted molar refractivity (Wildman–Crippen MR) is 83.6 cm³/mol. The van der Waals surface area contributed by atoms with E-state index in [1.807, 2.05) is 48.5 Å². The zero-order valence-electron chi connectivity index (χ0n) is 12.2. The first-order valence-corrected chi connectivity index (χ1v) is 7.15. The minimum absolute atomic E-state index is 0.0881. The van der Waals surface area contributed by atoms with Crippen LogP contribution in [0, 0.1) is 11.3 Å². The molecule has 0 fully saturated rings. The number of nitrogens with zero attached hydrogens (tertiary/aromatic N) is 1. The number of hydrogen-bond donors (Lipinski definition) is 2. The molecule has 2 aromatic rings. The molecule has 0 spiro atoms. The van der Waals surface area contributed by atoms with Crippen molar-refractivity contribution in [2.24, 2.45) is 0 Å². The number of aliphatic hydroxyl groups is 1. The van der Waals surface area contributed by atoms with Crippen molar-refractivity contribution in [3.05, 3.63) is 70.8 Å². The molecule has 0 aliphatic rings. The molecular formula is C18H20N2O. The third kappa shape index (κ3) is 4.42. The summed E-state index contributed by atoms with van der Waals surface area (Å²) in [5.74, 6) is 0. The lowest BCUT2D eigenvalue weighted by atomic mass is 10.0. The Morgan fingerprint density at radius 1 is 1.14 bits per heavy atom. The monoisotopic (exact) mass is 280 g/mol. The normalized spacial score (nSPS) is 11.9. The van der Waals surface area contributed by atoms with E-state index in [0.29, 0.717) is 5.56 Å². The molecule has 108 valence electrons. The van der Waals surface area contributed by atoms with Crippen LogP contribution in [0.3, 0.4) is 0 Å². The molecule has 0 saturated heterocycles. The molecule has 2 aromatic carbocycles. The highest BCUT2D eigenvalue weighted by atomic mass is 16.3. The molecule has 0 aliphatic carbocycles. The van der Waals surface area contributed by atoms with Gasteiger partial charge in [-0.05, 0) is 48.7 Å². The standard InChI is InChI=1S/C18H20N2O/c1-14(18-4-2-3-17(11-18)12-19)20-10-9-15-5-7-16(13-21)8-6-15/h2-8,11,14,20-21H,9-10,13H2,1H3. The van der Waals surface area contributed by atoms with Crippen LogP contribution in [0.25, 0.3) is 0 Å². The molecule has 0 saturated carbocycles. The molecule has 0 aliphatic heterocycles. The van der Waals surface area contributed by atoms with Gasteiger partial charge in [-0.15, -0.1) is 0 Å². The van der Waals surface area contributed by atoms with Crippen molar-refractivity contribution in [2.75, 3.05) is 6.54 Å². The van der Waals surface area contributed by atoms with E-state index in [2.05, 4.69) is 18.3 Å². The van der Waals surface area contributed by atoms with Crippen molar-refractivity contribution >= 4 is 0 Å². The van der Waals surface area contributed by atoms with Crippen LogP contribution in [-0.2, 0) is 13.0 Å². The summed E-state index contributed by atoms with van der Waals surface area (Å²) in [5.41, 5.74) is 4.01. The lowest BCUT2D eigenvalue weighted by Crippen LogP contribution is -2.21. The average Bonchev–Trinajstić information content (AvgIpc) is 2.55. The van der Waals surface area contributed by atoms with Crippen LogP contribution in [0.1, 0.15) is 35.2 Å². The van der Waals surface area contributed by atoms with Gasteiger partial charge in [0, 0.05) is 6.04 Å². The Balaban J connectivity index is 1.85.